The fraction of sp³-hybridized carbons (Fsp3) is 0.900. The summed E-state index contributed by atoms with van der Waals surface area (Å²) in [6.45, 7) is 5.26. The highest BCUT2D eigenvalue weighted by Crippen LogP contribution is 2.32. The number of carbonyl (C=O) groups excluding carboxylic acids is 1. The summed E-state index contributed by atoms with van der Waals surface area (Å²) >= 11 is 0. The van der Waals surface area contributed by atoms with Crippen LogP contribution < -0.4 is 0 Å². The minimum Gasteiger partial charge on any atom is -0.211 e. The molecule has 2 heteroatoms. The van der Waals surface area contributed by atoms with Crippen LogP contribution in [0.2, 0.25) is 0 Å². The van der Waals surface area contributed by atoms with Crippen molar-refractivity contribution < 1.29 is 4.79 Å². The van der Waals surface area contributed by atoms with Gasteiger partial charge < -0.3 is 0 Å². The molecule has 1 saturated carbocycles. The Morgan fingerprint density at radius 1 is 1.25 bits per heavy atom. The van der Waals surface area contributed by atoms with Crippen LogP contribution in [0.25, 0.3) is 0 Å². The highest BCUT2D eigenvalue weighted by molar-refractivity contribution is 5.32. The van der Waals surface area contributed by atoms with E-state index in [4.69, 9.17) is 0 Å². The maximum absolute atomic E-state index is 9.92. The minimum atomic E-state index is 0.630. The van der Waals surface area contributed by atoms with Crippen LogP contribution in [0.4, 0.5) is 0 Å². The average Bonchev–Trinajstić information content (AvgIpc) is 1.99. The summed E-state index contributed by atoms with van der Waals surface area (Å²) in [7, 11) is 0. The highest BCUT2D eigenvalue weighted by atomic mass is 16.1. The molecule has 2 nitrogen and oxygen atoms in total. The Morgan fingerprint density at radius 3 is 2.33 bits per heavy atom. The second-order valence-corrected chi connectivity index (χ2v) is 4.22. The average molecular weight is 167 g/mol. The van der Waals surface area contributed by atoms with Crippen molar-refractivity contribution in [1.82, 2.24) is 0 Å². The standard InChI is InChI=1S/C10H17NO/c1-8-3-9(2)5-10(4-8)6-11-7-12/h8-10H,3-6H2,1-2H3. The van der Waals surface area contributed by atoms with Crippen molar-refractivity contribution in [2.24, 2.45) is 22.7 Å². The van der Waals surface area contributed by atoms with E-state index in [9.17, 15) is 4.79 Å². The SMILES string of the molecule is CC1CC(C)CC(CN=C=O)C1. The van der Waals surface area contributed by atoms with Crippen molar-refractivity contribution in [2.75, 3.05) is 6.54 Å². The van der Waals surface area contributed by atoms with Gasteiger partial charge in [-0.05, 0) is 37.0 Å². The fourth-order valence-corrected chi connectivity index (χ4v) is 2.43. The highest BCUT2D eigenvalue weighted by Gasteiger charge is 2.23. The van der Waals surface area contributed by atoms with Crippen molar-refractivity contribution in [3.05, 3.63) is 0 Å². The van der Waals surface area contributed by atoms with E-state index < -0.39 is 0 Å². The molecule has 1 rings (SSSR count). The number of rotatable bonds is 2. The minimum absolute atomic E-state index is 0.630. The molecule has 0 heterocycles. The Balaban J connectivity index is 2.38. The number of hydrogen-bond acceptors (Lipinski definition) is 2. The molecule has 2 atom stereocenters. The summed E-state index contributed by atoms with van der Waals surface area (Å²) in [4.78, 5) is 13.6. The van der Waals surface area contributed by atoms with Crippen LogP contribution in [0.3, 0.4) is 0 Å². The smallest absolute Gasteiger partial charge is 0.211 e. The summed E-state index contributed by atoms with van der Waals surface area (Å²) in [6, 6.07) is 0. The predicted molar refractivity (Wildman–Crippen MR) is 48.7 cm³/mol. The summed E-state index contributed by atoms with van der Waals surface area (Å²) in [6.07, 6.45) is 5.42. The van der Waals surface area contributed by atoms with E-state index in [1.807, 2.05) is 0 Å². The molecule has 0 aromatic carbocycles. The zero-order chi connectivity index (χ0) is 8.97. The van der Waals surface area contributed by atoms with Gasteiger partial charge in [0.15, 0.2) is 0 Å². The first kappa shape index (κ1) is 9.47. The first-order valence-electron chi connectivity index (χ1n) is 4.76. The lowest BCUT2D eigenvalue weighted by Crippen LogP contribution is -2.21. The third kappa shape index (κ3) is 2.78. The summed E-state index contributed by atoms with van der Waals surface area (Å²) < 4.78 is 0. The van der Waals surface area contributed by atoms with Gasteiger partial charge in [0.2, 0.25) is 6.08 Å². The van der Waals surface area contributed by atoms with Crippen LogP contribution in [-0.4, -0.2) is 12.6 Å². The maximum Gasteiger partial charge on any atom is 0.234 e. The van der Waals surface area contributed by atoms with Gasteiger partial charge >= 0.3 is 0 Å². The van der Waals surface area contributed by atoms with Gasteiger partial charge in [0.1, 0.15) is 0 Å². The van der Waals surface area contributed by atoms with Crippen molar-refractivity contribution >= 4 is 6.08 Å². The van der Waals surface area contributed by atoms with Gasteiger partial charge in [-0.3, -0.25) is 0 Å². The van der Waals surface area contributed by atoms with Crippen LogP contribution >= 0.6 is 0 Å². The van der Waals surface area contributed by atoms with Crippen molar-refractivity contribution in [1.29, 1.82) is 0 Å². The summed E-state index contributed by atoms with van der Waals surface area (Å²) in [5.41, 5.74) is 0. The van der Waals surface area contributed by atoms with Crippen molar-refractivity contribution in [3.63, 3.8) is 0 Å². The fourth-order valence-electron chi connectivity index (χ4n) is 2.43. The van der Waals surface area contributed by atoms with Crippen molar-refractivity contribution in [2.45, 2.75) is 33.1 Å². The molecule has 0 amide bonds. The molecule has 0 aromatic heterocycles. The lowest BCUT2D eigenvalue weighted by atomic mass is 9.77. The molecule has 0 saturated heterocycles. The second-order valence-electron chi connectivity index (χ2n) is 4.22. The van der Waals surface area contributed by atoms with Crippen LogP contribution in [0.15, 0.2) is 4.99 Å². The van der Waals surface area contributed by atoms with E-state index in [1.54, 1.807) is 6.08 Å². The van der Waals surface area contributed by atoms with Gasteiger partial charge in [0.05, 0.1) is 6.54 Å². The van der Waals surface area contributed by atoms with Gasteiger partial charge in [0.25, 0.3) is 0 Å². The lowest BCUT2D eigenvalue weighted by Gasteiger charge is -2.30. The molecule has 0 bridgehead atoms. The van der Waals surface area contributed by atoms with E-state index in [-0.39, 0.29) is 0 Å². The molecule has 0 aromatic rings. The Bertz CT molecular complexity index is 174. The molecule has 1 aliphatic rings. The maximum atomic E-state index is 9.92. The van der Waals surface area contributed by atoms with E-state index in [0.717, 1.165) is 11.8 Å². The van der Waals surface area contributed by atoms with E-state index >= 15 is 0 Å². The summed E-state index contributed by atoms with van der Waals surface area (Å²) in [5, 5.41) is 0. The predicted octanol–water partition coefficient (Wildman–Crippen LogP) is 2.39. The van der Waals surface area contributed by atoms with Crippen LogP contribution in [-0.2, 0) is 4.79 Å². The van der Waals surface area contributed by atoms with Crippen LogP contribution in [0.5, 0.6) is 0 Å². The van der Waals surface area contributed by atoms with E-state index in [2.05, 4.69) is 18.8 Å². The third-order valence-electron chi connectivity index (χ3n) is 2.69. The van der Waals surface area contributed by atoms with Gasteiger partial charge in [-0.2, -0.15) is 0 Å². The molecule has 0 N–H and O–H groups in total. The van der Waals surface area contributed by atoms with Crippen LogP contribution in [0, 0.1) is 17.8 Å². The lowest BCUT2D eigenvalue weighted by molar-refractivity contribution is 0.224. The molecule has 1 fully saturated rings. The zero-order valence-electron chi connectivity index (χ0n) is 7.92. The molecule has 0 aliphatic heterocycles. The van der Waals surface area contributed by atoms with E-state index in [1.165, 1.54) is 19.3 Å². The molecule has 2 unspecified atom stereocenters. The number of nitrogens with zero attached hydrogens (tertiary/aromatic N) is 1. The van der Waals surface area contributed by atoms with Gasteiger partial charge in [0, 0.05) is 0 Å². The first-order chi connectivity index (χ1) is 5.72. The largest absolute Gasteiger partial charge is 0.234 e. The normalized spacial score (nSPS) is 35.7. The Hall–Kier alpha value is -0.620. The molecular formula is C10H17NO. The molecule has 1 aliphatic carbocycles. The number of hydrogen-bond donors (Lipinski definition) is 0. The summed E-state index contributed by atoms with van der Waals surface area (Å²) in [5.74, 6) is 2.24. The molecule has 0 radical (unpaired) electrons. The monoisotopic (exact) mass is 167 g/mol. The third-order valence-corrected chi connectivity index (χ3v) is 2.69. The number of isocyanates is 1. The van der Waals surface area contributed by atoms with Gasteiger partial charge in [-0.25, -0.2) is 9.79 Å². The van der Waals surface area contributed by atoms with Crippen LogP contribution in [0.1, 0.15) is 33.1 Å². The molecular weight excluding hydrogens is 150 g/mol. The first-order valence-corrected chi connectivity index (χ1v) is 4.76. The Labute approximate surface area is 74.1 Å². The van der Waals surface area contributed by atoms with E-state index in [0.29, 0.717) is 12.5 Å². The molecule has 0 spiro atoms. The van der Waals surface area contributed by atoms with Gasteiger partial charge in [-0.1, -0.05) is 13.8 Å². The Kier molecular flexibility index (Phi) is 3.48. The number of aliphatic imine (C=N–C) groups is 1. The molecule has 12 heavy (non-hydrogen) atoms. The second kappa shape index (κ2) is 4.42. The molecule has 68 valence electrons. The Morgan fingerprint density at radius 2 is 1.83 bits per heavy atom. The topological polar surface area (TPSA) is 29.4 Å². The van der Waals surface area contributed by atoms with Gasteiger partial charge in [-0.15, -0.1) is 0 Å². The quantitative estimate of drug-likeness (QED) is 0.458. The van der Waals surface area contributed by atoms with Crippen molar-refractivity contribution in [3.8, 4) is 0 Å². The zero-order valence-corrected chi connectivity index (χ0v) is 7.92.